The molecule has 0 fully saturated rings. The van der Waals surface area contributed by atoms with Gasteiger partial charge < -0.3 is 24.3 Å². The average molecular weight is 370 g/mol. The second kappa shape index (κ2) is 10.6. The first-order valence-electron chi connectivity index (χ1n) is 8.36. The Kier molecular flexibility index (Phi) is 7.79. The molecule has 0 bridgehead atoms. The molecule has 0 aromatic heterocycles. The van der Waals surface area contributed by atoms with Crippen LogP contribution >= 0.6 is 0 Å². The molecule has 1 N–H and O–H groups in total. The number of carbonyl (C=O) groups excluding carboxylic acids is 1. The fourth-order valence-electron chi connectivity index (χ4n) is 2.27. The Morgan fingerprint density at radius 1 is 1.00 bits per heavy atom. The molecule has 7 heteroatoms. The van der Waals surface area contributed by atoms with Crippen molar-refractivity contribution < 1.29 is 23.7 Å². The van der Waals surface area contributed by atoms with Crippen molar-refractivity contribution >= 4 is 5.91 Å². The minimum absolute atomic E-state index is 0.180. The highest BCUT2D eigenvalue weighted by atomic mass is 16.5. The highest BCUT2D eigenvalue weighted by molar-refractivity contribution is 5.78. The third-order valence-electron chi connectivity index (χ3n) is 3.64. The van der Waals surface area contributed by atoms with Gasteiger partial charge in [-0.1, -0.05) is 6.07 Å². The first-order chi connectivity index (χ1) is 13.2. The monoisotopic (exact) mass is 370 g/mol. The molecule has 0 radical (unpaired) electrons. The van der Waals surface area contributed by atoms with Gasteiger partial charge in [-0.3, -0.25) is 4.79 Å². The minimum atomic E-state index is -0.333. The molecule has 1 amide bonds. The van der Waals surface area contributed by atoms with Gasteiger partial charge in [-0.15, -0.1) is 0 Å². The Labute approximate surface area is 158 Å². The molecule has 2 rings (SSSR count). The molecule has 0 spiro atoms. The van der Waals surface area contributed by atoms with Crippen molar-refractivity contribution in [3.8, 4) is 29.1 Å². The van der Waals surface area contributed by atoms with Crippen molar-refractivity contribution in [2.75, 3.05) is 27.4 Å². The van der Waals surface area contributed by atoms with Crippen LogP contribution in [0.3, 0.4) is 0 Å². The molecule has 0 aliphatic rings. The zero-order chi connectivity index (χ0) is 19.5. The van der Waals surface area contributed by atoms with Gasteiger partial charge in [0.1, 0.15) is 42.6 Å². The summed E-state index contributed by atoms with van der Waals surface area (Å²) in [6, 6.07) is 14.5. The molecule has 0 saturated carbocycles. The van der Waals surface area contributed by atoms with Crippen LogP contribution in [0.15, 0.2) is 42.5 Å². The molecular weight excluding hydrogens is 348 g/mol. The van der Waals surface area contributed by atoms with E-state index >= 15 is 0 Å². The number of methoxy groups -OCH3 is 2. The largest absolute Gasteiger partial charge is 0.497 e. The molecule has 7 nitrogen and oxygen atoms in total. The van der Waals surface area contributed by atoms with E-state index in [1.807, 2.05) is 30.3 Å². The summed E-state index contributed by atoms with van der Waals surface area (Å²) in [5.41, 5.74) is 0.781. The van der Waals surface area contributed by atoms with E-state index in [0.717, 1.165) is 11.3 Å². The summed E-state index contributed by atoms with van der Waals surface area (Å²) in [5.74, 6) is 2.30. The molecule has 0 aliphatic heterocycles. The van der Waals surface area contributed by atoms with E-state index in [9.17, 15) is 4.79 Å². The quantitative estimate of drug-likeness (QED) is 0.647. The molecule has 2 aromatic carbocycles. The summed E-state index contributed by atoms with van der Waals surface area (Å²) in [6.45, 7) is 0.907. The smallest absolute Gasteiger partial charge is 0.234 e. The van der Waals surface area contributed by atoms with Crippen molar-refractivity contribution in [2.24, 2.45) is 0 Å². The first-order valence-corrected chi connectivity index (χ1v) is 8.36. The summed E-state index contributed by atoms with van der Waals surface area (Å²) < 4.78 is 21.8. The van der Waals surface area contributed by atoms with Gasteiger partial charge in [0.05, 0.1) is 20.3 Å². The van der Waals surface area contributed by atoms with Crippen LogP contribution in [0.5, 0.6) is 23.0 Å². The SMILES string of the molecule is COc1cccc(OCCOc2cc(OC)ccc2CNC(=O)CC#N)c1. The van der Waals surface area contributed by atoms with Gasteiger partial charge in [-0.25, -0.2) is 0 Å². The third-order valence-corrected chi connectivity index (χ3v) is 3.64. The van der Waals surface area contributed by atoms with Crippen LogP contribution in [0.4, 0.5) is 0 Å². The highest BCUT2D eigenvalue weighted by Crippen LogP contribution is 2.25. The zero-order valence-electron chi connectivity index (χ0n) is 15.4. The summed E-state index contributed by atoms with van der Waals surface area (Å²) in [7, 11) is 3.17. The van der Waals surface area contributed by atoms with Crippen LogP contribution in [-0.4, -0.2) is 33.3 Å². The van der Waals surface area contributed by atoms with Crippen molar-refractivity contribution in [1.29, 1.82) is 5.26 Å². The Hall–Kier alpha value is -3.40. The molecule has 0 unspecified atom stereocenters. The van der Waals surface area contributed by atoms with E-state index < -0.39 is 0 Å². The van der Waals surface area contributed by atoms with Gasteiger partial charge in [-0.05, 0) is 24.3 Å². The standard InChI is InChI=1S/C20H22N2O5/c1-24-16-4-3-5-18(12-16)26-10-11-27-19-13-17(25-2)7-6-15(19)14-22-20(23)8-9-21/h3-7,12-13H,8,10-11,14H2,1-2H3,(H,22,23). The minimum Gasteiger partial charge on any atom is -0.497 e. The summed E-state index contributed by atoms with van der Waals surface area (Å²) in [4.78, 5) is 11.5. The van der Waals surface area contributed by atoms with Gasteiger partial charge in [0.25, 0.3) is 0 Å². The fourth-order valence-corrected chi connectivity index (χ4v) is 2.27. The van der Waals surface area contributed by atoms with E-state index in [-0.39, 0.29) is 18.9 Å². The van der Waals surface area contributed by atoms with Gasteiger partial charge in [0.15, 0.2) is 0 Å². The van der Waals surface area contributed by atoms with E-state index in [1.54, 1.807) is 32.4 Å². The molecule has 0 saturated heterocycles. The Bertz CT molecular complexity index is 801. The maximum atomic E-state index is 11.5. The molecule has 27 heavy (non-hydrogen) atoms. The maximum absolute atomic E-state index is 11.5. The highest BCUT2D eigenvalue weighted by Gasteiger charge is 2.08. The van der Waals surface area contributed by atoms with E-state index in [0.29, 0.717) is 30.5 Å². The Balaban J connectivity index is 1.92. The lowest BCUT2D eigenvalue weighted by Gasteiger charge is -2.14. The van der Waals surface area contributed by atoms with Crippen LogP contribution in [0, 0.1) is 11.3 Å². The van der Waals surface area contributed by atoms with Gasteiger partial charge in [0.2, 0.25) is 5.91 Å². The predicted octanol–water partition coefficient (Wildman–Crippen LogP) is 2.69. The molecular formula is C20H22N2O5. The Morgan fingerprint density at radius 2 is 1.70 bits per heavy atom. The number of nitriles is 1. The number of rotatable bonds is 10. The summed E-state index contributed by atoms with van der Waals surface area (Å²) >= 11 is 0. The van der Waals surface area contributed by atoms with Crippen LogP contribution in [-0.2, 0) is 11.3 Å². The number of benzene rings is 2. The number of nitrogens with zero attached hydrogens (tertiary/aromatic N) is 1. The zero-order valence-corrected chi connectivity index (χ0v) is 15.4. The Morgan fingerprint density at radius 3 is 2.44 bits per heavy atom. The second-order valence-corrected chi connectivity index (χ2v) is 5.46. The average Bonchev–Trinajstić information content (AvgIpc) is 2.70. The van der Waals surface area contributed by atoms with Gasteiger partial charge >= 0.3 is 0 Å². The van der Waals surface area contributed by atoms with Gasteiger partial charge in [0, 0.05) is 24.2 Å². The first kappa shape index (κ1) is 19.9. The lowest BCUT2D eigenvalue weighted by Crippen LogP contribution is -2.22. The van der Waals surface area contributed by atoms with Crippen molar-refractivity contribution in [3.63, 3.8) is 0 Å². The number of ether oxygens (including phenoxy) is 4. The summed E-state index contributed by atoms with van der Waals surface area (Å²) in [5, 5.41) is 11.2. The van der Waals surface area contributed by atoms with E-state index in [4.69, 9.17) is 24.2 Å². The fraction of sp³-hybridized carbons (Fsp3) is 0.300. The lowest BCUT2D eigenvalue weighted by molar-refractivity contribution is -0.120. The maximum Gasteiger partial charge on any atom is 0.234 e. The van der Waals surface area contributed by atoms with Gasteiger partial charge in [-0.2, -0.15) is 5.26 Å². The predicted molar refractivity (Wildman–Crippen MR) is 99.1 cm³/mol. The number of hydrogen-bond acceptors (Lipinski definition) is 6. The van der Waals surface area contributed by atoms with E-state index in [2.05, 4.69) is 5.32 Å². The van der Waals surface area contributed by atoms with Crippen molar-refractivity contribution in [3.05, 3.63) is 48.0 Å². The molecule has 142 valence electrons. The molecule has 2 aromatic rings. The number of hydrogen-bond donors (Lipinski definition) is 1. The van der Waals surface area contributed by atoms with Crippen LogP contribution < -0.4 is 24.3 Å². The van der Waals surface area contributed by atoms with Crippen LogP contribution in [0.2, 0.25) is 0 Å². The normalized spacial score (nSPS) is 9.81. The molecule has 0 atom stereocenters. The number of carbonyl (C=O) groups is 1. The number of nitrogens with one attached hydrogen (secondary N) is 1. The molecule has 0 aliphatic carbocycles. The third kappa shape index (κ3) is 6.44. The topological polar surface area (TPSA) is 89.8 Å². The van der Waals surface area contributed by atoms with E-state index in [1.165, 1.54) is 0 Å². The van der Waals surface area contributed by atoms with Crippen LogP contribution in [0.25, 0.3) is 0 Å². The van der Waals surface area contributed by atoms with Crippen molar-refractivity contribution in [1.82, 2.24) is 5.32 Å². The number of amides is 1. The van der Waals surface area contributed by atoms with Crippen LogP contribution in [0.1, 0.15) is 12.0 Å². The van der Waals surface area contributed by atoms with Crippen molar-refractivity contribution in [2.45, 2.75) is 13.0 Å². The lowest BCUT2D eigenvalue weighted by atomic mass is 10.2. The molecule has 0 heterocycles. The second-order valence-electron chi connectivity index (χ2n) is 5.46. The summed E-state index contributed by atoms with van der Waals surface area (Å²) in [6.07, 6.45) is -0.180.